The average Bonchev–Trinajstić information content (AvgIpc) is 3.15. The fraction of sp³-hybridized carbons (Fsp3) is 0.486. The molecule has 2 aromatic carbocycles. The van der Waals surface area contributed by atoms with Gasteiger partial charge in [-0.05, 0) is 98.2 Å². The fourth-order valence-corrected chi connectivity index (χ4v) is 8.85. The van der Waals surface area contributed by atoms with Crippen molar-refractivity contribution in [2.24, 2.45) is 11.8 Å². The monoisotopic (exact) mass is 669 g/mol. The highest BCUT2D eigenvalue weighted by atomic mass is 35.5. The standard InChI is InChI=1S/C35H44ClN3O6S/c1-5-7-10-32(34(42)38(3)4)46(43,44)37-33(41)24-12-16-31-29(19-24)39(20-25-11-14-27(25)30(40)6-2)21-35(22-45-31)17-8-9-23-18-26(36)13-15-28(23)35/h5-6,12-13,15-16,18-19,25,27,30,32,40H,1-2,7-11,14,17,20-22H2,3-4H3,(H,37,41)/t25-,27+,30-,32-,35-/m0/s1. The first-order valence-corrected chi connectivity index (χ1v) is 17.8. The summed E-state index contributed by atoms with van der Waals surface area (Å²) in [6.07, 6.45) is 7.50. The minimum absolute atomic E-state index is 0.00279. The molecule has 2 N–H and O–H groups in total. The van der Waals surface area contributed by atoms with Gasteiger partial charge in [-0.2, -0.15) is 0 Å². The fourth-order valence-electron chi connectivity index (χ4n) is 7.21. The maximum Gasteiger partial charge on any atom is 0.264 e. The summed E-state index contributed by atoms with van der Waals surface area (Å²) >= 11 is 6.38. The Hall–Kier alpha value is -3.34. The zero-order valence-corrected chi connectivity index (χ0v) is 28.2. The van der Waals surface area contributed by atoms with Crippen molar-refractivity contribution in [3.63, 3.8) is 0 Å². The first-order valence-electron chi connectivity index (χ1n) is 15.9. The predicted octanol–water partition coefficient (Wildman–Crippen LogP) is 4.87. The molecule has 1 heterocycles. The molecule has 2 aliphatic carbocycles. The molecule has 0 unspecified atom stereocenters. The number of halogens is 1. The second-order valence-corrected chi connectivity index (χ2v) is 15.4. The highest BCUT2D eigenvalue weighted by Crippen LogP contribution is 2.46. The van der Waals surface area contributed by atoms with Crippen LogP contribution in [-0.2, 0) is 26.7 Å². The summed E-state index contributed by atoms with van der Waals surface area (Å²) in [7, 11) is -1.39. The Bertz CT molecular complexity index is 1610. The van der Waals surface area contributed by atoms with E-state index in [4.69, 9.17) is 16.3 Å². The average molecular weight is 670 g/mol. The maximum absolute atomic E-state index is 13.5. The number of nitrogens with zero attached hydrogens (tertiary/aromatic N) is 2. The molecule has 2 aromatic rings. The van der Waals surface area contributed by atoms with Gasteiger partial charge >= 0.3 is 0 Å². The van der Waals surface area contributed by atoms with Gasteiger partial charge in [0, 0.05) is 43.2 Å². The van der Waals surface area contributed by atoms with Crippen molar-refractivity contribution < 1.29 is 27.9 Å². The maximum atomic E-state index is 13.5. The predicted molar refractivity (Wildman–Crippen MR) is 181 cm³/mol. The third kappa shape index (κ3) is 6.85. The lowest BCUT2D eigenvalue weighted by molar-refractivity contribution is -0.128. The molecular weight excluding hydrogens is 626 g/mol. The van der Waals surface area contributed by atoms with Gasteiger partial charge in [-0.15, -0.1) is 13.2 Å². The van der Waals surface area contributed by atoms with Gasteiger partial charge in [0.15, 0.2) is 5.25 Å². The largest absolute Gasteiger partial charge is 0.490 e. The van der Waals surface area contributed by atoms with Gasteiger partial charge in [-0.25, -0.2) is 13.1 Å². The number of fused-ring (bicyclic) bond motifs is 3. The topological polar surface area (TPSA) is 116 Å². The third-order valence-electron chi connectivity index (χ3n) is 9.87. The number of aliphatic hydroxyl groups excluding tert-OH is 1. The van der Waals surface area contributed by atoms with Crippen molar-refractivity contribution in [3.05, 3.63) is 83.4 Å². The lowest BCUT2D eigenvalue weighted by Gasteiger charge is -2.45. The van der Waals surface area contributed by atoms with E-state index in [-0.39, 0.29) is 29.2 Å². The molecule has 1 spiro atoms. The van der Waals surface area contributed by atoms with Crippen molar-refractivity contribution in [1.82, 2.24) is 9.62 Å². The third-order valence-corrected chi connectivity index (χ3v) is 11.8. The summed E-state index contributed by atoms with van der Waals surface area (Å²) in [5.41, 5.74) is 2.91. The number of aliphatic hydroxyl groups is 1. The van der Waals surface area contributed by atoms with Crippen LogP contribution < -0.4 is 14.4 Å². The Kier molecular flexibility index (Phi) is 10.2. The summed E-state index contributed by atoms with van der Waals surface area (Å²) in [5, 5.41) is 9.87. The highest BCUT2D eigenvalue weighted by Gasteiger charge is 2.44. The number of sulfonamides is 1. The van der Waals surface area contributed by atoms with Crippen molar-refractivity contribution in [1.29, 1.82) is 0 Å². The van der Waals surface area contributed by atoms with Gasteiger partial charge in [-0.3, -0.25) is 9.59 Å². The zero-order chi connectivity index (χ0) is 33.2. The molecule has 9 nitrogen and oxygen atoms in total. The zero-order valence-electron chi connectivity index (χ0n) is 26.6. The van der Waals surface area contributed by atoms with E-state index in [0.29, 0.717) is 42.6 Å². The van der Waals surface area contributed by atoms with Crippen LogP contribution >= 0.6 is 11.6 Å². The normalized spacial score (nSPS) is 23.4. The van der Waals surface area contributed by atoms with Crippen LogP contribution in [0.3, 0.4) is 0 Å². The summed E-state index contributed by atoms with van der Waals surface area (Å²) in [6.45, 7) is 9.10. The Labute approximate surface area is 277 Å². The number of rotatable bonds is 11. The SMILES string of the molecule is C=CCC[C@@H](C(=O)N(C)C)S(=O)(=O)NC(=O)c1ccc2c(c1)N(C[C@@H]1CC[C@H]1[C@@H](O)C=C)C[C@@]1(CCCc3cc(Cl)ccc31)CO2. The number of nitrogens with one attached hydrogen (secondary N) is 1. The minimum Gasteiger partial charge on any atom is -0.490 e. The summed E-state index contributed by atoms with van der Waals surface area (Å²) < 4.78 is 35.4. The van der Waals surface area contributed by atoms with Crippen molar-refractivity contribution in [2.45, 2.75) is 61.7 Å². The number of anilines is 1. The summed E-state index contributed by atoms with van der Waals surface area (Å²) in [4.78, 5) is 29.7. The molecule has 0 radical (unpaired) electrons. The smallest absolute Gasteiger partial charge is 0.264 e. The van der Waals surface area contributed by atoms with E-state index in [2.05, 4.69) is 28.8 Å². The van der Waals surface area contributed by atoms with Gasteiger partial charge in [0.1, 0.15) is 5.75 Å². The van der Waals surface area contributed by atoms with E-state index in [1.165, 1.54) is 30.1 Å². The molecule has 0 bridgehead atoms. The number of carbonyl (C=O) groups excluding carboxylic acids is 2. The number of hydrogen-bond acceptors (Lipinski definition) is 7. The van der Waals surface area contributed by atoms with Crippen LogP contribution in [0.15, 0.2) is 61.7 Å². The molecule has 2 amide bonds. The van der Waals surface area contributed by atoms with Crippen molar-refractivity contribution in [2.75, 3.05) is 38.7 Å². The first-order chi connectivity index (χ1) is 21.9. The Morgan fingerprint density at radius 2 is 2.00 bits per heavy atom. The van der Waals surface area contributed by atoms with Crippen LogP contribution in [0.2, 0.25) is 5.02 Å². The van der Waals surface area contributed by atoms with Crippen molar-refractivity contribution in [3.8, 4) is 5.75 Å². The quantitative estimate of drug-likeness (QED) is 0.328. The van der Waals surface area contributed by atoms with E-state index in [0.717, 1.165) is 32.1 Å². The number of ether oxygens (including phenoxy) is 1. The van der Waals surface area contributed by atoms with E-state index in [9.17, 15) is 23.1 Å². The summed E-state index contributed by atoms with van der Waals surface area (Å²) in [6, 6.07) is 11.0. The second-order valence-electron chi connectivity index (χ2n) is 13.1. The van der Waals surface area contributed by atoms with E-state index < -0.39 is 33.2 Å². The lowest BCUT2D eigenvalue weighted by atomic mass is 9.68. The molecule has 0 saturated heterocycles. The molecule has 5 rings (SSSR count). The number of allylic oxidation sites excluding steroid dienone is 1. The van der Waals surface area contributed by atoms with E-state index in [1.807, 2.05) is 12.1 Å². The van der Waals surface area contributed by atoms with Crippen LogP contribution in [0.25, 0.3) is 0 Å². The van der Waals surface area contributed by atoms with Crippen LogP contribution in [0.5, 0.6) is 5.75 Å². The lowest BCUT2D eigenvalue weighted by Crippen LogP contribution is -2.49. The molecular formula is C35H44ClN3O6S. The van der Waals surface area contributed by atoms with E-state index in [1.54, 1.807) is 30.4 Å². The van der Waals surface area contributed by atoms with Gasteiger partial charge in [-0.1, -0.05) is 29.8 Å². The van der Waals surface area contributed by atoms with Crippen molar-refractivity contribution >= 4 is 39.1 Å². The van der Waals surface area contributed by atoms with Gasteiger partial charge in [0.25, 0.3) is 5.91 Å². The van der Waals surface area contributed by atoms with Crippen LogP contribution in [0.1, 0.15) is 60.0 Å². The molecule has 1 saturated carbocycles. The van der Waals surface area contributed by atoms with Crippen LogP contribution in [-0.4, -0.2) is 75.4 Å². The minimum atomic E-state index is -4.35. The number of benzene rings is 2. The van der Waals surface area contributed by atoms with Gasteiger partial charge in [0.05, 0.1) is 18.4 Å². The van der Waals surface area contributed by atoms with Gasteiger partial charge < -0.3 is 19.6 Å². The molecule has 248 valence electrons. The summed E-state index contributed by atoms with van der Waals surface area (Å²) in [5.74, 6) is -0.552. The first kappa shape index (κ1) is 34.0. The number of hydrogen-bond donors (Lipinski definition) is 2. The molecule has 5 atom stereocenters. The Morgan fingerprint density at radius 3 is 2.67 bits per heavy atom. The second kappa shape index (κ2) is 13.8. The number of aryl methyl sites for hydroxylation is 1. The van der Waals surface area contributed by atoms with E-state index >= 15 is 0 Å². The molecule has 1 aliphatic heterocycles. The van der Waals surface area contributed by atoms with Crippen LogP contribution in [0.4, 0.5) is 5.69 Å². The van der Waals surface area contributed by atoms with Gasteiger partial charge in [0.2, 0.25) is 15.9 Å². The molecule has 0 aromatic heterocycles. The molecule has 11 heteroatoms. The van der Waals surface area contributed by atoms with Crippen LogP contribution in [0, 0.1) is 11.8 Å². The Balaban J connectivity index is 1.49. The number of amides is 2. The molecule has 1 fully saturated rings. The molecule has 46 heavy (non-hydrogen) atoms. The highest BCUT2D eigenvalue weighted by molar-refractivity contribution is 7.91. The Morgan fingerprint density at radius 1 is 1.22 bits per heavy atom. The number of carbonyl (C=O) groups is 2. The molecule has 3 aliphatic rings.